The summed E-state index contributed by atoms with van der Waals surface area (Å²) in [7, 11) is -3.74. The lowest BCUT2D eigenvalue weighted by atomic mass is 10.1. The monoisotopic (exact) mass is 537 g/mol. The third-order valence-corrected chi connectivity index (χ3v) is 6.82. The number of anilines is 1. The van der Waals surface area contributed by atoms with E-state index in [-0.39, 0.29) is 12.5 Å². The number of hydrogen-bond acceptors (Lipinski definition) is 4. The molecule has 33 heavy (non-hydrogen) atoms. The van der Waals surface area contributed by atoms with Crippen LogP contribution in [0.1, 0.15) is 38.7 Å². The van der Waals surface area contributed by atoms with Gasteiger partial charge in [0.05, 0.1) is 11.9 Å². The van der Waals surface area contributed by atoms with Crippen molar-refractivity contribution < 1.29 is 18.0 Å². The van der Waals surface area contributed by atoms with Gasteiger partial charge < -0.3 is 10.2 Å². The van der Waals surface area contributed by atoms with Gasteiger partial charge in [-0.3, -0.25) is 13.9 Å². The number of carbonyl (C=O) groups excluding carboxylic acids is 2. The number of nitrogens with zero attached hydrogens (tertiary/aromatic N) is 2. The van der Waals surface area contributed by atoms with E-state index in [9.17, 15) is 18.0 Å². The van der Waals surface area contributed by atoms with E-state index in [1.54, 1.807) is 24.3 Å². The van der Waals surface area contributed by atoms with Gasteiger partial charge in [0.25, 0.3) is 0 Å². The number of benzene rings is 2. The number of hydrogen-bond donors (Lipinski definition) is 1. The van der Waals surface area contributed by atoms with Gasteiger partial charge in [-0.25, -0.2) is 8.42 Å². The molecule has 0 spiro atoms. The SMILES string of the molecule is CCCCNC(=O)[C@H](CC)N(Cc1ccccc1)C(=O)CN(c1cccc(Br)c1)S(C)(=O)=O. The van der Waals surface area contributed by atoms with Gasteiger partial charge in [-0.2, -0.15) is 0 Å². The summed E-state index contributed by atoms with van der Waals surface area (Å²) in [5.41, 5.74) is 1.24. The van der Waals surface area contributed by atoms with Gasteiger partial charge in [0.1, 0.15) is 12.6 Å². The summed E-state index contributed by atoms with van der Waals surface area (Å²) >= 11 is 3.35. The molecule has 0 saturated carbocycles. The molecule has 0 aliphatic heterocycles. The van der Waals surface area contributed by atoms with E-state index >= 15 is 0 Å². The zero-order chi connectivity index (χ0) is 24.4. The van der Waals surface area contributed by atoms with Gasteiger partial charge in [-0.1, -0.05) is 72.6 Å². The van der Waals surface area contributed by atoms with E-state index in [4.69, 9.17) is 0 Å². The zero-order valence-electron chi connectivity index (χ0n) is 19.3. The molecule has 9 heteroatoms. The van der Waals surface area contributed by atoms with Crippen molar-refractivity contribution in [2.45, 2.75) is 45.7 Å². The summed E-state index contributed by atoms with van der Waals surface area (Å²) in [5, 5.41) is 2.91. The molecule has 180 valence electrons. The lowest BCUT2D eigenvalue weighted by Crippen LogP contribution is -2.52. The molecule has 2 aromatic carbocycles. The molecule has 0 aliphatic carbocycles. The third kappa shape index (κ3) is 8.16. The van der Waals surface area contributed by atoms with E-state index in [0.717, 1.165) is 29.0 Å². The average Bonchev–Trinajstić information content (AvgIpc) is 2.77. The topological polar surface area (TPSA) is 86.8 Å². The summed E-state index contributed by atoms with van der Waals surface area (Å²) in [6.07, 6.45) is 3.27. The van der Waals surface area contributed by atoms with Gasteiger partial charge in [-0.05, 0) is 36.6 Å². The first-order valence-corrected chi connectivity index (χ1v) is 13.7. The van der Waals surface area contributed by atoms with Gasteiger partial charge in [0.15, 0.2) is 0 Å². The smallest absolute Gasteiger partial charge is 0.244 e. The van der Waals surface area contributed by atoms with E-state index < -0.39 is 28.5 Å². The van der Waals surface area contributed by atoms with Gasteiger partial charge in [0, 0.05) is 17.6 Å². The molecule has 0 fully saturated rings. The van der Waals surface area contributed by atoms with E-state index in [1.807, 2.05) is 44.2 Å². The predicted molar refractivity (Wildman–Crippen MR) is 135 cm³/mol. The molecule has 0 radical (unpaired) electrons. The molecule has 0 aliphatic rings. The first-order chi connectivity index (χ1) is 15.7. The molecule has 2 amide bonds. The van der Waals surface area contributed by atoms with Crippen molar-refractivity contribution in [1.29, 1.82) is 0 Å². The van der Waals surface area contributed by atoms with Crippen LogP contribution < -0.4 is 9.62 Å². The molecule has 0 saturated heterocycles. The van der Waals surface area contributed by atoms with Gasteiger partial charge >= 0.3 is 0 Å². The van der Waals surface area contributed by atoms with Crippen LogP contribution in [0.25, 0.3) is 0 Å². The standard InChI is InChI=1S/C24H32BrN3O4S/c1-4-6-15-26-24(30)22(5-2)27(17-19-11-8-7-9-12-19)23(29)18-28(33(3,31)32)21-14-10-13-20(25)16-21/h7-14,16,22H,4-6,15,17-18H2,1-3H3,(H,26,30)/t22-/m0/s1. The van der Waals surface area contributed by atoms with Crippen LogP contribution in [0.15, 0.2) is 59.1 Å². The number of carbonyl (C=O) groups is 2. The maximum atomic E-state index is 13.5. The van der Waals surface area contributed by atoms with Gasteiger partial charge in [-0.15, -0.1) is 0 Å². The zero-order valence-corrected chi connectivity index (χ0v) is 21.7. The van der Waals surface area contributed by atoms with Crippen LogP contribution in [0, 0.1) is 0 Å². The quantitative estimate of drug-likeness (QED) is 0.415. The Balaban J connectivity index is 2.37. The number of amides is 2. The number of nitrogens with one attached hydrogen (secondary N) is 1. The highest BCUT2D eigenvalue weighted by Gasteiger charge is 2.31. The van der Waals surface area contributed by atoms with Crippen LogP contribution in [0.2, 0.25) is 0 Å². The second-order valence-electron chi connectivity index (χ2n) is 7.83. The summed E-state index contributed by atoms with van der Waals surface area (Å²) in [6.45, 7) is 4.22. The molecule has 7 nitrogen and oxygen atoms in total. The fourth-order valence-corrected chi connectivity index (χ4v) is 4.68. The Hall–Kier alpha value is -2.39. The molecular formula is C24H32BrN3O4S. The number of halogens is 1. The van der Waals surface area contributed by atoms with Crippen LogP contribution in [0.3, 0.4) is 0 Å². The fourth-order valence-electron chi connectivity index (χ4n) is 3.45. The minimum Gasteiger partial charge on any atom is -0.354 e. The molecule has 1 atom stereocenters. The van der Waals surface area contributed by atoms with Crippen molar-refractivity contribution in [3.05, 3.63) is 64.6 Å². The van der Waals surface area contributed by atoms with Crippen molar-refractivity contribution >= 4 is 43.5 Å². The molecule has 0 heterocycles. The lowest BCUT2D eigenvalue weighted by molar-refractivity contribution is -0.140. The van der Waals surface area contributed by atoms with E-state index in [2.05, 4.69) is 21.2 Å². The normalized spacial score (nSPS) is 12.1. The first-order valence-electron chi connectivity index (χ1n) is 11.0. The Labute approximate surface area is 205 Å². The number of sulfonamides is 1. The average molecular weight is 539 g/mol. The summed E-state index contributed by atoms with van der Waals surface area (Å²) in [6, 6.07) is 15.4. The molecular weight excluding hydrogens is 506 g/mol. The first kappa shape index (κ1) is 26.9. The Kier molecular flexibility index (Phi) is 10.4. The Morgan fingerprint density at radius 1 is 1.06 bits per heavy atom. The lowest BCUT2D eigenvalue weighted by Gasteiger charge is -2.33. The second-order valence-corrected chi connectivity index (χ2v) is 10.6. The minimum atomic E-state index is -3.74. The second kappa shape index (κ2) is 12.7. The predicted octanol–water partition coefficient (Wildman–Crippen LogP) is 3.94. The maximum Gasteiger partial charge on any atom is 0.244 e. The van der Waals surface area contributed by atoms with E-state index in [0.29, 0.717) is 23.1 Å². The number of unbranched alkanes of at least 4 members (excludes halogenated alkanes) is 1. The molecule has 1 N–H and O–H groups in total. The van der Waals surface area contributed by atoms with Crippen LogP contribution >= 0.6 is 15.9 Å². The van der Waals surface area contributed by atoms with Crippen molar-refractivity contribution in [3.8, 4) is 0 Å². The van der Waals surface area contributed by atoms with E-state index in [1.165, 1.54) is 4.90 Å². The third-order valence-electron chi connectivity index (χ3n) is 5.19. The van der Waals surface area contributed by atoms with Crippen LogP contribution in [-0.4, -0.2) is 50.5 Å². The number of rotatable bonds is 12. The molecule has 2 rings (SSSR count). The van der Waals surface area contributed by atoms with Crippen molar-refractivity contribution in [2.24, 2.45) is 0 Å². The minimum absolute atomic E-state index is 0.204. The summed E-state index contributed by atoms with van der Waals surface area (Å²) in [5.74, 6) is -0.676. The van der Waals surface area contributed by atoms with Crippen molar-refractivity contribution in [2.75, 3.05) is 23.7 Å². The highest BCUT2D eigenvalue weighted by molar-refractivity contribution is 9.10. The highest BCUT2D eigenvalue weighted by atomic mass is 79.9. The van der Waals surface area contributed by atoms with Crippen LogP contribution in [0.5, 0.6) is 0 Å². The van der Waals surface area contributed by atoms with Crippen LogP contribution in [-0.2, 0) is 26.2 Å². The van der Waals surface area contributed by atoms with Crippen LogP contribution in [0.4, 0.5) is 5.69 Å². The van der Waals surface area contributed by atoms with Crippen molar-refractivity contribution in [3.63, 3.8) is 0 Å². The highest BCUT2D eigenvalue weighted by Crippen LogP contribution is 2.23. The summed E-state index contributed by atoms with van der Waals surface area (Å²) in [4.78, 5) is 27.9. The molecule has 0 aromatic heterocycles. The maximum absolute atomic E-state index is 13.5. The summed E-state index contributed by atoms with van der Waals surface area (Å²) < 4.78 is 26.9. The van der Waals surface area contributed by atoms with Gasteiger partial charge in [0.2, 0.25) is 21.8 Å². The molecule has 2 aromatic rings. The Bertz CT molecular complexity index is 1030. The van der Waals surface area contributed by atoms with Crippen molar-refractivity contribution in [1.82, 2.24) is 10.2 Å². The fraction of sp³-hybridized carbons (Fsp3) is 0.417. The molecule has 0 unspecified atom stereocenters. The Morgan fingerprint density at radius 3 is 2.33 bits per heavy atom. The molecule has 0 bridgehead atoms. The largest absolute Gasteiger partial charge is 0.354 e. The Morgan fingerprint density at radius 2 is 1.76 bits per heavy atom.